The molecule has 2 atom stereocenters. The summed E-state index contributed by atoms with van der Waals surface area (Å²) < 4.78 is 52.2. The van der Waals surface area contributed by atoms with Gasteiger partial charge in [0.15, 0.2) is 0 Å². The first-order valence-corrected chi connectivity index (χ1v) is 14.9. The first-order chi connectivity index (χ1) is 22.3. The summed E-state index contributed by atoms with van der Waals surface area (Å²) in [5.41, 5.74) is 6.05. The third-order valence-electron chi connectivity index (χ3n) is 9.44. The number of nitrogens with zero attached hydrogens (tertiary/aromatic N) is 5. The molecule has 15 heteroatoms. The zero-order valence-electron chi connectivity index (χ0n) is 25.4. The molecule has 4 fully saturated rings. The summed E-state index contributed by atoms with van der Waals surface area (Å²) in [6.07, 6.45) is 0.517. The maximum atomic E-state index is 13.8. The quantitative estimate of drug-likeness (QED) is 0.292. The van der Waals surface area contributed by atoms with Gasteiger partial charge in [-0.2, -0.15) is 13.2 Å². The minimum absolute atomic E-state index is 0.000502. The average molecular weight is 650 g/mol. The lowest BCUT2D eigenvalue weighted by Crippen LogP contribution is -2.72. The van der Waals surface area contributed by atoms with Gasteiger partial charge < -0.3 is 25.4 Å². The van der Waals surface area contributed by atoms with Crippen molar-refractivity contribution < 1.29 is 37.0 Å². The van der Waals surface area contributed by atoms with Crippen LogP contribution in [0.15, 0.2) is 55.0 Å². The van der Waals surface area contributed by atoms with Gasteiger partial charge in [0.25, 0.3) is 5.91 Å². The van der Waals surface area contributed by atoms with Crippen LogP contribution in [0, 0.1) is 10.8 Å². The number of aromatic nitrogens is 4. The van der Waals surface area contributed by atoms with E-state index >= 15 is 0 Å². The molecule has 4 aromatic rings. The van der Waals surface area contributed by atoms with Crippen molar-refractivity contribution in [2.45, 2.75) is 44.5 Å². The third-order valence-corrected chi connectivity index (χ3v) is 9.44. The van der Waals surface area contributed by atoms with E-state index in [1.165, 1.54) is 25.4 Å². The number of amides is 2. The molecule has 4 aliphatic rings. The topological polar surface area (TPSA) is 154 Å². The van der Waals surface area contributed by atoms with Gasteiger partial charge >= 0.3 is 12.1 Å². The number of anilines is 2. The minimum atomic E-state index is -4.58. The predicted molar refractivity (Wildman–Crippen MR) is 161 cm³/mol. The Balaban J connectivity index is 1.12. The summed E-state index contributed by atoms with van der Waals surface area (Å²) in [4.78, 5) is 53.5. The Morgan fingerprint density at radius 2 is 1.79 bits per heavy atom. The van der Waals surface area contributed by atoms with Crippen LogP contribution in [0.3, 0.4) is 0 Å². The van der Waals surface area contributed by atoms with Crippen molar-refractivity contribution in [3.8, 4) is 11.3 Å². The van der Waals surface area contributed by atoms with Crippen molar-refractivity contribution in [2.75, 3.05) is 31.3 Å². The maximum absolute atomic E-state index is 13.8. The van der Waals surface area contributed by atoms with Gasteiger partial charge in [-0.25, -0.2) is 15.0 Å². The van der Waals surface area contributed by atoms with Gasteiger partial charge in [0.2, 0.25) is 5.91 Å². The molecule has 8 rings (SSSR count). The number of hydrogen-bond acceptors (Lipinski definition) is 9. The number of carbonyl (C=O) groups excluding carboxylic acids is 3. The molecule has 1 aromatic carbocycles. The Labute approximate surface area is 266 Å². The number of imidazole rings is 1. The summed E-state index contributed by atoms with van der Waals surface area (Å²) in [6, 6.07) is 7.72. The largest absolute Gasteiger partial charge is 0.469 e. The number of methoxy groups -OCH3 is 1. The van der Waals surface area contributed by atoms with Crippen LogP contribution in [-0.4, -0.2) is 68.3 Å². The molecule has 0 unspecified atom stereocenters. The molecule has 4 heterocycles. The number of ether oxygens (including phenoxy) is 2. The molecule has 0 spiro atoms. The number of halogens is 3. The second-order valence-electron chi connectivity index (χ2n) is 12.5. The van der Waals surface area contributed by atoms with Crippen LogP contribution < -0.4 is 11.1 Å². The van der Waals surface area contributed by atoms with Crippen LogP contribution in [0.1, 0.15) is 54.0 Å². The van der Waals surface area contributed by atoms with Crippen molar-refractivity contribution >= 4 is 34.9 Å². The van der Waals surface area contributed by atoms with E-state index in [0.29, 0.717) is 41.9 Å². The monoisotopic (exact) mass is 649 g/mol. The number of nitrogens with two attached hydrogens (primary N) is 1. The fraction of sp³-hybridized carbons (Fsp3) is 0.375. The number of pyridine rings is 1. The van der Waals surface area contributed by atoms with Crippen molar-refractivity contribution in [1.29, 1.82) is 0 Å². The second-order valence-corrected chi connectivity index (χ2v) is 12.5. The molecule has 3 aliphatic carbocycles. The maximum Gasteiger partial charge on any atom is 0.416 e. The standard InChI is InChI=1S/C32H30F3N7O5/c1-17-13-47-21(12-42(17)28(44)30-14-31(15-30,16-30)29(45)46-2)26-40-23(24-25(36)38-9-10-41(24)26)18-3-5-19(6-4-18)27(43)39-22-11-20(7-8-37-22)32(33,34)35/h3-11,17,21H,12-16H2,1-2H3,(H2,36,38)(H,37,39,43)/t17-,21+,30?,31?/m0/s1. The van der Waals surface area contributed by atoms with Crippen LogP contribution in [0.2, 0.25) is 0 Å². The number of benzene rings is 1. The highest BCUT2D eigenvalue weighted by Crippen LogP contribution is 2.74. The Hall–Kier alpha value is -5.05. The summed E-state index contributed by atoms with van der Waals surface area (Å²) in [7, 11) is 1.37. The Kier molecular flexibility index (Phi) is 7.00. The van der Waals surface area contributed by atoms with Crippen molar-refractivity contribution in [3.05, 3.63) is 71.9 Å². The molecular formula is C32H30F3N7O5. The summed E-state index contributed by atoms with van der Waals surface area (Å²) in [6.45, 7) is 2.45. The van der Waals surface area contributed by atoms with E-state index in [4.69, 9.17) is 20.2 Å². The van der Waals surface area contributed by atoms with Gasteiger partial charge in [-0.3, -0.25) is 18.8 Å². The number of esters is 1. The molecule has 1 saturated heterocycles. The van der Waals surface area contributed by atoms with E-state index in [9.17, 15) is 27.6 Å². The number of fused-ring (bicyclic) bond motifs is 1. The number of rotatable bonds is 6. The van der Waals surface area contributed by atoms with Crippen molar-refractivity contribution in [2.24, 2.45) is 10.8 Å². The van der Waals surface area contributed by atoms with Crippen molar-refractivity contribution in [3.63, 3.8) is 0 Å². The number of carbonyl (C=O) groups is 3. The molecule has 2 amide bonds. The van der Waals surface area contributed by atoms with Crippen LogP contribution >= 0.6 is 0 Å². The van der Waals surface area contributed by atoms with Gasteiger partial charge in [0.1, 0.15) is 34.8 Å². The Bertz CT molecular complexity index is 1910. The summed E-state index contributed by atoms with van der Waals surface area (Å²) in [5, 5.41) is 2.39. The van der Waals surface area contributed by atoms with Gasteiger partial charge in [-0.15, -0.1) is 0 Å². The molecule has 244 valence electrons. The van der Waals surface area contributed by atoms with Gasteiger partial charge in [-0.1, -0.05) is 12.1 Å². The van der Waals surface area contributed by atoms with E-state index in [0.717, 1.165) is 18.3 Å². The highest BCUT2D eigenvalue weighted by Gasteiger charge is 2.76. The number of alkyl halides is 3. The SMILES string of the molecule is COC(=O)C12CC(C(=O)N3C[C@H](c4nc(-c5ccc(C(=O)Nc6cc(C(F)(F)F)ccn6)cc5)c5c(N)nccn45)OC[C@@H]3C)(C1)C2. The van der Waals surface area contributed by atoms with Crippen LogP contribution in [0.4, 0.5) is 24.8 Å². The number of nitrogens with one attached hydrogen (secondary N) is 1. The lowest BCUT2D eigenvalue weighted by Gasteiger charge is -2.68. The summed E-state index contributed by atoms with van der Waals surface area (Å²) in [5.74, 6) is -0.420. The second kappa shape index (κ2) is 10.8. The summed E-state index contributed by atoms with van der Waals surface area (Å²) >= 11 is 0. The molecule has 3 aromatic heterocycles. The van der Waals surface area contributed by atoms with Gasteiger partial charge in [0, 0.05) is 29.7 Å². The Morgan fingerprint density at radius 1 is 1.06 bits per heavy atom. The van der Waals surface area contributed by atoms with Crippen LogP contribution in [0.5, 0.6) is 0 Å². The van der Waals surface area contributed by atoms with E-state index < -0.39 is 34.6 Å². The lowest BCUT2D eigenvalue weighted by molar-refractivity contribution is -0.232. The molecule has 12 nitrogen and oxygen atoms in total. The molecule has 1 aliphatic heterocycles. The Morgan fingerprint density at radius 3 is 2.47 bits per heavy atom. The zero-order valence-corrected chi connectivity index (χ0v) is 25.4. The fourth-order valence-electron chi connectivity index (χ4n) is 7.11. The van der Waals surface area contributed by atoms with Crippen LogP contribution in [0.25, 0.3) is 16.8 Å². The first-order valence-electron chi connectivity index (χ1n) is 14.9. The smallest absolute Gasteiger partial charge is 0.416 e. The number of nitrogen functional groups attached to an aromatic ring is 1. The molecule has 0 radical (unpaired) electrons. The normalized spacial score (nSPS) is 25.1. The highest BCUT2D eigenvalue weighted by atomic mass is 19.4. The van der Waals surface area contributed by atoms with Crippen LogP contribution in [-0.2, 0) is 25.2 Å². The first kappa shape index (κ1) is 30.6. The highest BCUT2D eigenvalue weighted by molar-refractivity contribution is 6.04. The molecular weight excluding hydrogens is 619 g/mol. The lowest BCUT2D eigenvalue weighted by atomic mass is 9.34. The van der Waals surface area contributed by atoms with E-state index in [2.05, 4.69) is 15.3 Å². The number of hydrogen-bond donors (Lipinski definition) is 2. The zero-order chi connectivity index (χ0) is 33.3. The minimum Gasteiger partial charge on any atom is -0.469 e. The molecule has 2 bridgehead atoms. The van der Waals surface area contributed by atoms with E-state index in [1.807, 2.05) is 11.8 Å². The van der Waals surface area contributed by atoms with Crippen molar-refractivity contribution in [1.82, 2.24) is 24.3 Å². The predicted octanol–water partition coefficient (Wildman–Crippen LogP) is 4.28. The van der Waals surface area contributed by atoms with E-state index in [-0.39, 0.29) is 48.3 Å². The molecule has 3 saturated carbocycles. The van der Waals surface area contributed by atoms with E-state index in [1.54, 1.807) is 22.7 Å². The fourth-order valence-corrected chi connectivity index (χ4v) is 7.11. The molecule has 3 N–H and O–H groups in total. The third kappa shape index (κ3) is 4.96. The molecule has 47 heavy (non-hydrogen) atoms. The van der Waals surface area contributed by atoms with Gasteiger partial charge in [0.05, 0.1) is 42.7 Å². The average Bonchev–Trinajstić information content (AvgIpc) is 3.40. The van der Waals surface area contributed by atoms with Gasteiger partial charge in [-0.05, 0) is 50.5 Å². The number of morpholine rings is 1.